The van der Waals surface area contributed by atoms with E-state index in [4.69, 9.17) is 5.14 Å². The van der Waals surface area contributed by atoms with E-state index < -0.39 is 10.0 Å². The van der Waals surface area contributed by atoms with Gasteiger partial charge in [0.1, 0.15) is 0 Å². The molecule has 2 aromatic rings. The van der Waals surface area contributed by atoms with E-state index in [0.717, 1.165) is 0 Å². The number of halogens is 1. The maximum atomic E-state index is 12.2. The Kier molecular flexibility index (Phi) is 4.46. The minimum absolute atomic E-state index is 0.0129. The SMILES string of the molecule is Cc1cc(S(N)(=O)=O)ccc1NC(=O)c1ccccc1Br. The normalized spacial score (nSPS) is 11.2. The zero-order valence-corrected chi connectivity index (χ0v) is 13.5. The summed E-state index contributed by atoms with van der Waals surface area (Å²) in [7, 11) is -3.75. The third-order valence-electron chi connectivity index (χ3n) is 2.89. The van der Waals surface area contributed by atoms with Crippen molar-refractivity contribution in [1.82, 2.24) is 0 Å². The average molecular weight is 369 g/mol. The number of rotatable bonds is 3. The third-order valence-corrected chi connectivity index (χ3v) is 4.50. The topological polar surface area (TPSA) is 89.3 Å². The molecule has 0 aliphatic carbocycles. The van der Waals surface area contributed by atoms with Gasteiger partial charge < -0.3 is 5.32 Å². The Bertz CT molecular complexity index is 804. The Balaban J connectivity index is 2.29. The Hall–Kier alpha value is -1.70. The number of anilines is 1. The van der Waals surface area contributed by atoms with Crippen LogP contribution in [0.5, 0.6) is 0 Å². The van der Waals surface area contributed by atoms with Crippen LogP contribution in [0.3, 0.4) is 0 Å². The van der Waals surface area contributed by atoms with Crippen molar-refractivity contribution in [2.75, 3.05) is 5.32 Å². The van der Waals surface area contributed by atoms with Crippen molar-refractivity contribution in [2.45, 2.75) is 11.8 Å². The largest absolute Gasteiger partial charge is 0.322 e. The third kappa shape index (κ3) is 3.69. The van der Waals surface area contributed by atoms with Crippen LogP contribution in [0.15, 0.2) is 51.8 Å². The molecule has 2 rings (SSSR count). The molecule has 0 fully saturated rings. The van der Waals surface area contributed by atoms with Crippen molar-refractivity contribution in [3.8, 4) is 0 Å². The number of carbonyl (C=O) groups is 1. The quantitative estimate of drug-likeness (QED) is 0.872. The summed E-state index contributed by atoms with van der Waals surface area (Å²) in [5.41, 5.74) is 1.64. The summed E-state index contributed by atoms with van der Waals surface area (Å²) in [5, 5.41) is 7.81. The molecule has 1 amide bonds. The van der Waals surface area contributed by atoms with E-state index in [1.165, 1.54) is 18.2 Å². The number of aryl methyl sites for hydroxylation is 1. The van der Waals surface area contributed by atoms with E-state index in [2.05, 4.69) is 21.2 Å². The lowest BCUT2D eigenvalue weighted by Gasteiger charge is -2.10. The summed E-state index contributed by atoms with van der Waals surface area (Å²) in [6, 6.07) is 11.3. The predicted molar refractivity (Wildman–Crippen MR) is 84.6 cm³/mol. The minimum Gasteiger partial charge on any atom is -0.322 e. The number of hydrogen-bond donors (Lipinski definition) is 2. The highest BCUT2D eigenvalue weighted by molar-refractivity contribution is 9.10. The fraction of sp³-hybridized carbons (Fsp3) is 0.0714. The molecule has 0 bridgehead atoms. The molecule has 0 aliphatic rings. The van der Waals surface area contributed by atoms with Gasteiger partial charge in [-0.1, -0.05) is 12.1 Å². The van der Waals surface area contributed by atoms with E-state index in [1.54, 1.807) is 25.1 Å². The fourth-order valence-corrected chi connectivity index (χ4v) is 2.85. The first-order chi connectivity index (χ1) is 9.79. The first-order valence-electron chi connectivity index (χ1n) is 5.98. The number of carbonyl (C=O) groups excluding carboxylic acids is 1. The van der Waals surface area contributed by atoms with Gasteiger partial charge in [0.25, 0.3) is 5.91 Å². The van der Waals surface area contributed by atoms with E-state index in [1.807, 2.05) is 6.07 Å². The van der Waals surface area contributed by atoms with Crippen LogP contribution >= 0.6 is 15.9 Å². The van der Waals surface area contributed by atoms with Crippen LogP contribution in [-0.4, -0.2) is 14.3 Å². The lowest BCUT2D eigenvalue weighted by molar-refractivity contribution is 0.102. The second-order valence-corrected chi connectivity index (χ2v) is 6.87. The monoisotopic (exact) mass is 368 g/mol. The van der Waals surface area contributed by atoms with Crippen molar-refractivity contribution < 1.29 is 13.2 Å². The van der Waals surface area contributed by atoms with Gasteiger partial charge in [-0.3, -0.25) is 4.79 Å². The molecule has 0 radical (unpaired) electrons. The van der Waals surface area contributed by atoms with Gasteiger partial charge >= 0.3 is 0 Å². The first kappa shape index (κ1) is 15.7. The van der Waals surface area contributed by atoms with E-state index >= 15 is 0 Å². The number of benzene rings is 2. The molecule has 0 spiro atoms. The Morgan fingerprint density at radius 1 is 1.19 bits per heavy atom. The zero-order chi connectivity index (χ0) is 15.6. The second-order valence-electron chi connectivity index (χ2n) is 4.46. The molecule has 0 unspecified atom stereocenters. The summed E-state index contributed by atoms with van der Waals surface area (Å²) in [5.74, 6) is -0.283. The summed E-state index contributed by atoms with van der Waals surface area (Å²) in [4.78, 5) is 12.2. The van der Waals surface area contributed by atoms with Gasteiger partial charge in [-0.05, 0) is 58.7 Å². The zero-order valence-electron chi connectivity index (χ0n) is 11.1. The van der Waals surface area contributed by atoms with Gasteiger partial charge in [0.15, 0.2) is 0 Å². The second kappa shape index (κ2) is 5.97. The van der Waals surface area contributed by atoms with Crippen LogP contribution < -0.4 is 10.5 Å². The molecule has 2 aromatic carbocycles. The molecule has 0 saturated carbocycles. The van der Waals surface area contributed by atoms with Crippen molar-refractivity contribution in [1.29, 1.82) is 0 Å². The van der Waals surface area contributed by atoms with Crippen LogP contribution in [0.25, 0.3) is 0 Å². The number of hydrogen-bond acceptors (Lipinski definition) is 3. The average Bonchev–Trinajstić information content (AvgIpc) is 2.40. The number of nitrogens with one attached hydrogen (secondary N) is 1. The Morgan fingerprint density at radius 3 is 2.43 bits per heavy atom. The van der Waals surface area contributed by atoms with E-state index in [0.29, 0.717) is 21.3 Å². The standard InChI is InChI=1S/C14H13BrN2O3S/c1-9-8-10(21(16,19)20)6-7-13(9)17-14(18)11-4-2-3-5-12(11)15/h2-8H,1H3,(H,17,18)(H2,16,19,20). The summed E-state index contributed by atoms with van der Waals surface area (Å²) >= 11 is 3.31. The molecule has 7 heteroatoms. The first-order valence-corrected chi connectivity index (χ1v) is 8.32. The van der Waals surface area contributed by atoms with E-state index in [-0.39, 0.29) is 10.8 Å². The molecule has 3 N–H and O–H groups in total. The molecule has 0 heterocycles. The van der Waals surface area contributed by atoms with Gasteiger partial charge in [0.05, 0.1) is 10.5 Å². The molecule has 0 aliphatic heterocycles. The van der Waals surface area contributed by atoms with Gasteiger partial charge in [-0.2, -0.15) is 0 Å². The number of nitrogens with two attached hydrogens (primary N) is 1. The van der Waals surface area contributed by atoms with Crippen LogP contribution in [0.1, 0.15) is 15.9 Å². The molecule has 21 heavy (non-hydrogen) atoms. The van der Waals surface area contributed by atoms with Crippen LogP contribution in [0.4, 0.5) is 5.69 Å². The summed E-state index contributed by atoms with van der Waals surface area (Å²) in [6.07, 6.45) is 0. The van der Waals surface area contributed by atoms with Gasteiger partial charge in [-0.25, -0.2) is 13.6 Å². The van der Waals surface area contributed by atoms with Crippen molar-refractivity contribution in [3.05, 3.63) is 58.1 Å². The van der Waals surface area contributed by atoms with Crippen molar-refractivity contribution >= 4 is 37.5 Å². The molecular weight excluding hydrogens is 356 g/mol. The predicted octanol–water partition coefficient (Wildman–Crippen LogP) is 2.66. The van der Waals surface area contributed by atoms with Crippen LogP contribution in [0, 0.1) is 6.92 Å². The minimum atomic E-state index is -3.75. The highest BCUT2D eigenvalue weighted by atomic mass is 79.9. The van der Waals surface area contributed by atoms with Crippen LogP contribution in [-0.2, 0) is 10.0 Å². The molecule has 0 aromatic heterocycles. The van der Waals surface area contributed by atoms with E-state index in [9.17, 15) is 13.2 Å². The summed E-state index contributed by atoms with van der Waals surface area (Å²) in [6.45, 7) is 1.70. The number of sulfonamides is 1. The van der Waals surface area contributed by atoms with Gasteiger partial charge in [-0.15, -0.1) is 0 Å². The lowest BCUT2D eigenvalue weighted by atomic mass is 10.1. The number of amides is 1. The molecule has 110 valence electrons. The van der Waals surface area contributed by atoms with Crippen LogP contribution in [0.2, 0.25) is 0 Å². The highest BCUT2D eigenvalue weighted by Gasteiger charge is 2.13. The van der Waals surface area contributed by atoms with Gasteiger partial charge in [0, 0.05) is 10.2 Å². The molecule has 0 atom stereocenters. The Morgan fingerprint density at radius 2 is 1.86 bits per heavy atom. The molecular formula is C14H13BrN2O3S. The van der Waals surface area contributed by atoms with Crippen molar-refractivity contribution in [2.24, 2.45) is 5.14 Å². The van der Waals surface area contributed by atoms with Gasteiger partial charge in [0.2, 0.25) is 10.0 Å². The fourth-order valence-electron chi connectivity index (χ4n) is 1.79. The maximum Gasteiger partial charge on any atom is 0.256 e. The smallest absolute Gasteiger partial charge is 0.256 e. The van der Waals surface area contributed by atoms with Crippen molar-refractivity contribution in [3.63, 3.8) is 0 Å². The Labute approximate surface area is 131 Å². The number of primary sulfonamides is 1. The lowest BCUT2D eigenvalue weighted by Crippen LogP contribution is -2.15. The maximum absolute atomic E-state index is 12.2. The summed E-state index contributed by atoms with van der Waals surface area (Å²) < 4.78 is 23.2. The molecule has 5 nitrogen and oxygen atoms in total. The highest BCUT2D eigenvalue weighted by Crippen LogP contribution is 2.21. The molecule has 0 saturated heterocycles.